The van der Waals surface area contributed by atoms with Crippen LogP contribution in [0.1, 0.15) is 78.0 Å². The first-order chi connectivity index (χ1) is 20.0. The fourth-order valence-electron chi connectivity index (χ4n) is 3.76. The van der Waals surface area contributed by atoms with Crippen molar-refractivity contribution in [1.82, 2.24) is 0 Å². The minimum Gasteiger partial charge on any atom is -0.508 e. The van der Waals surface area contributed by atoms with Gasteiger partial charge >= 0.3 is 5.97 Å². The van der Waals surface area contributed by atoms with Crippen LogP contribution >= 0.6 is 12.6 Å². The van der Waals surface area contributed by atoms with Gasteiger partial charge in [-0.3, -0.25) is 9.59 Å². The molecule has 4 N–H and O–H groups in total. The lowest BCUT2D eigenvalue weighted by Gasteiger charge is -2.28. The summed E-state index contributed by atoms with van der Waals surface area (Å²) < 4.78 is 9.95. The number of hydrogen-bond donors (Lipinski definition) is 5. The van der Waals surface area contributed by atoms with Gasteiger partial charge < -0.3 is 30.1 Å². The number of para-hydroxylation sites is 2. The van der Waals surface area contributed by atoms with Crippen molar-refractivity contribution in [3.63, 3.8) is 0 Å². The molecule has 43 heavy (non-hydrogen) atoms. The van der Waals surface area contributed by atoms with Gasteiger partial charge in [0.25, 0.3) is 0 Å². The number of amides is 1. The van der Waals surface area contributed by atoms with Crippen LogP contribution in [-0.2, 0) is 31.8 Å². The Bertz CT molecular complexity index is 1270. The van der Waals surface area contributed by atoms with Gasteiger partial charge in [-0.1, -0.05) is 60.6 Å². The number of phenolic OH excluding ortho intramolecular Hbond substituents is 3. The second kappa shape index (κ2) is 17.3. The van der Waals surface area contributed by atoms with Crippen LogP contribution < -0.4 is 10.1 Å². The molecule has 0 fully saturated rings. The Hall–Kier alpha value is -3.85. The molecule has 3 aromatic rings. The maximum absolute atomic E-state index is 11.3. The van der Waals surface area contributed by atoms with E-state index in [2.05, 4.69) is 59.5 Å². The second-order valence-corrected chi connectivity index (χ2v) is 12.2. The average molecular weight is 614 g/mol. The minimum absolute atomic E-state index is 0.00758. The first-order valence-electron chi connectivity index (χ1n) is 14.1. The van der Waals surface area contributed by atoms with Crippen LogP contribution in [0, 0.1) is 0 Å². The van der Waals surface area contributed by atoms with E-state index in [0.29, 0.717) is 17.9 Å². The summed E-state index contributed by atoms with van der Waals surface area (Å²) in [6.07, 6.45) is 1.37. The molecule has 0 aliphatic carbocycles. The summed E-state index contributed by atoms with van der Waals surface area (Å²) in [6, 6.07) is 17.1. The molecule has 0 spiro atoms. The van der Waals surface area contributed by atoms with Gasteiger partial charge in [0.15, 0.2) is 11.5 Å². The molecule has 0 saturated heterocycles. The van der Waals surface area contributed by atoms with Gasteiger partial charge in [0, 0.05) is 12.1 Å². The van der Waals surface area contributed by atoms with Crippen LogP contribution in [0.5, 0.6) is 23.0 Å². The highest BCUT2D eigenvalue weighted by Gasteiger charge is 2.26. The number of thiol groups is 1. The molecule has 1 amide bonds. The van der Waals surface area contributed by atoms with E-state index in [9.17, 15) is 14.7 Å². The van der Waals surface area contributed by atoms with Crippen molar-refractivity contribution in [2.45, 2.75) is 78.7 Å². The van der Waals surface area contributed by atoms with Crippen LogP contribution in [-0.4, -0.2) is 40.1 Å². The topological polar surface area (TPSA) is 125 Å². The number of methoxy groups -OCH3 is 1. The van der Waals surface area contributed by atoms with Crippen molar-refractivity contribution in [3.8, 4) is 23.0 Å². The Balaban J connectivity index is 0.000000355. The summed E-state index contributed by atoms with van der Waals surface area (Å²) in [7, 11) is 1.52. The molecule has 9 heteroatoms. The van der Waals surface area contributed by atoms with Crippen molar-refractivity contribution in [2.24, 2.45) is 0 Å². The van der Waals surface area contributed by atoms with Crippen molar-refractivity contribution >= 4 is 30.2 Å². The third-order valence-corrected chi connectivity index (χ3v) is 6.29. The van der Waals surface area contributed by atoms with Crippen LogP contribution in [0.25, 0.3) is 0 Å². The van der Waals surface area contributed by atoms with E-state index in [1.165, 1.54) is 7.11 Å². The fourth-order valence-corrected chi connectivity index (χ4v) is 3.85. The molecule has 0 unspecified atom stereocenters. The van der Waals surface area contributed by atoms with E-state index in [1.807, 2.05) is 19.1 Å². The van der Waals surface area contributed by atoms with E-state index in [1.54, 1.807) is 48.5 Å². The third kappa shape index (κ3) is 13.3. The normalized spacial score (nSPS) is 10.8. The van der Waals surface area contributed by atoms with Gasteiger partial charge in [-0.2, -0.15) is 12.6 Å². The van der Waals surface area contributed by atoms with E-state index >= 15 is 0 Å². The molecule has 0 aliphatic rings. The zero-order chi connectivity index (χ0) is 32.8. The number of esters is 1. The van der Waals surface area contributed by atoms with Gasteiger partial charge in [-0.15, -0.1) is 0 Å². The first-order valence-corrected chi connectivity index (χ1v) is 14.7. The zero-order valence-electron chi connectivity index (χ0n) is 26.5. The maximum atomic E-state index is 11.3. The van der Waals surface area contributed by atoms with E-state index in [-0.39, 0.29) is 46.6 Å². The molecule has 0 bridgehead atoms. The summed E-state index contributed by atoms with van der Waals surface area (Å²) >= 11 is 3.90. The van der Waals surface area contributed by atoms with Crippen molar-refractivity contribution in [1.29, 1.82) is 0 Å². The standard InChI is InChI=1S/C17H26O3S.C10H13NO2.C7H8O2/c1-16(2,3)12-7-11(9-20-14(18)10-21)8-13(15(12)19)17(4,5)6;1-2-3-10(13)11-8-4-6-9(12)7-5-8;1-9-7-5-3-2-4-6(7)8/h7-8,19,21H,9-10H2,1-6H3;4-7,12H,2-3H2,1H3,(H,11,13);2-5,8H,1H3. The summed E-state index contributed by atoms with van der Waals surface area (Å²) in [5.74, 6) is 0.954. The minimum atomic E-state index is -0.346. The molecule has 0 atom stereocenters. The molecule has 3 aromatic carbocycles. The van der Waals surface area contributed by atoms with E-state index < -0.39 is 0 Å². The Labute approximate surface area is 261 Å². The molecule has 0 radical (unpaired) electrons. The van der Waals surface area contributed by atoms with Crippen molar-refractivity contribution in [3.05, 3.63) is 77.4 Å². The smallest absolute Gasteiger partial charge is 0.315 e. The van der Waals surface area contributed by atoms with Crippen LogP contribution in [0.3, 0.4) is 0 Å². The average Bonchev–Trinajstić information content (AvgIpc) is 2.93. The molecule has 3 rings (SSSR count). The summed E-state index contributed by atoms with van der Waals surface area (Å²) in [5, 5.41) is 31.3. The number of ether oxygens (including phenoxy) is 2. The SMILES string of the molecule is CC(C)(C)c1cc(COC(=O)CS)cc(C(C)(C)C)c1O.CCCC(=O)Nc1ccc(O)cc1.COc1ccccc1O. The quantitative estimate of drug-likeness (QED) is 0.106. The third-order valence-electron chi connectivity index (χ3n) is 6.03. The first kappa shape index (κ1) is 37.2. The van der Waals surface area contributed by atoms with Crippen LogP contribution in [0.4, 0.5) is 5.69 Å². The number of benzene rings is 3. The summed E-state index contributed by atoms with van der Waals surface area (Å²) in [6.45, 7) is 14.5. The number of carbonyl (C=O) groups excluding carboxylic acids is 2. The highest BCUT2D eigenvalue weighted by Crippen LogP contribution is 2.39. The lowest BCUT2D eigenvalue weighted by molar-refractivity contribution is -0.141. The van der Waals surface area contributed by atoms with Crippen LogP contribution in [0.2, 0.25) is 0 Å². The number of aromatic hydroxyl groups is 3. The lowest BCUT2D eigenvalue weighted by Crippen LogP contribution is -2.18. The van der Waals surface area contributed by atoms with Crippen LogP contribution in [0.15, 0.2) is 60.7 Å². The van der Waals surface area contributed by atoms with Gasteiger partial charge in [-0.25, -0.2) is 0 Å². The number of anilines is 1. The highest BCUT2D eigenvalue weighted by molar-refractivity contribution is 7.81. The Morgan fingerprint density at radius 3 is 1.81 bits per heavy atom. The lowest BCUT2D eigenvalue weighted by atomic mass is 9.78. The van der Waals surface area contributed by atoms with Gasteiger partial charge in [-0.05, 0) is 82.5 Å². The number of phenols is 3. The number of rotatable bonds is 7. The molecule has 0 saturated carbocycles. The number of hydrogen-bond acceptors (Lipinski definition) is 8. The fraction of sp³-hybridized carbons (Fsp3) is 0.412. The maximum Gasteiger partial charge on any atom is 0.315 e. The molecule has 8 nitrogen and oxygen atoms in total. The summed E-state index contributed by atoms with van der Waals surface area (Å²) in [5.41, 5.74) is 2.97. The molecule has 0 aromatic heterocycles. The summed E-state index contributed by atoms with van der Waals surface area (Å²) in [4.78, 5) is 22.4. The Morgan fingerprint density at radius 1 is 0.860 bits per heavy atom. The van der Waals surface area contributed by atoms with Crippen molar-refractivity contribution in [2.75, 3.05) is 18.2 Å². The van der Waals surface area contributed by atoms with Gasteiger partial charge in [0.2, 0.25) is 5.91 Å². The van der Waals surface area contributed by atoms with E-state index in [0.717, 1.165) is 28.8 Å². The number of nitrogens with one attached hydrogen (secondary N) is 1. The van der Waals surface area contributed by atoms with E-state index in [4.69, 9.17) is 19.7 Å². The monoisotopic (exact) mass is 613 g/mol. The Morgan fingerprint density at radius 2 is 1.40 bits per heavy atom. The predicted molar refractivity (Wildman–Crippen MR) is 175 cm³/mol. The number of carbonyl (C=O) groups is 2. The molecule has 0 aliphatic heterocycles. The van der Waals surface area contributed by atoms with Crippen molar-refractivity contribution < 1.29 is 34.4 Å². The highest BCUT2D eigenvalue weighted by atomic mass is 32.1. The molecule has 236 valence electrons. The largest absolute Gasteiger partial charge is 0.508 e. The van der Waals surface area contributed by atoms with Gasteiger partial charge in [0.05, 0.1) is 12.9 Å². The second-order valence-electron chi connectivity index (χ2n) is 11.9. The molecule has 0 heterocycles. The zero-order valence-corrected chi connectivity index (χ0v) is 27.4. The van der Waals surface area contributed by atoms with Gasteiger partial charge in [0.1, 0.15) is 18.1 Å². The molecular formula is C34H47NO7S. The Kier molecular flexibility index (Phi) is 15.0. The molecular weight excluding hydrogens is 566 g/mol. The predicted octanol–water partition coefficient (Wildman–Crippen LogP) is 7.49.